The first-order valence-electron chi connectivity index (χ1n) is 15.3. The number of para-hydroxylation sites is 1. The summed E-state index contributed by atoms with van der Waals surface area (Å²) in [6, 6.07) is 17.5. The number of amidine groups is 1. The number of amides is 1. The molecule has 1 atom stereocenters. The number of anilines is 1. The lowest BCUT2D eigenvalue weighted by Gasteiger charge is -2.14. The molecule has 3 aromatic rings. The first-order valence-corrected chi connectivity index (χ1v) is 16.1. The summed E-state index contributed by atoms with van der Waals surface area (Å²) in [5.41, 5.74) is 0. The van der Waals surface area contributed by atoms with Gasteiger partial charge in [0.05, 0.1) is 6.54 Å². The van der Waals surface area contributed by atoms with Gasteiger partial charge in [-0.15, -0.1) is 0 Å². The van der Waals surface area contributed by atoms with Crippen molar-refractivity contribution in [3.63, 3.8) is 0 Å². The summed E-state index contributed by atoms with van der Waals surface area (Å²) < 4.78 is 6.10. The number of aliphatic imine (C=N–C) groups is 2. The Balaban J connectivity index is 0.000000889. The Labute approximate surface area is 274 Å². The zero-order chi connectivity index (χ0) is 33.5. The molecule has 11 heteroatoms. The van der Waals surface area contributed by atoms with Crippen molar-refractivity contribution in [1.29, 1.82) is 0 Å². The summed E-state index contributed by atoms with van der Waals surface area (Å²) in [6.07, 6.45) is 11.0. The van der Waals surface area contributed by atoms with Crippen LogP contribution >= 0.6 is 11.8 Å². The third-order valence-electron chi connectivity index (χ3n) is 5.61. The van der Waals surface area contributed by atoms with Gasteiger partial charge in [0.15, 0.2) is 11.6 Å². The second kappa shape index (κ2) is 28.7. The maximum absolute atomic E-state index is 9.34. The number of aromatic nitrogens is 2. The van der Waals surface area contributed by atoms with E-state index in [4.69, 9.17) is 4.74 Å². The van der Waals surface area contributed by atoms with E-state index in [1.165, 1.54) is 12.8 Å². The summed E-state index contributed by atoms with van der Waals surface area (Å²) in [7, 11) is 5.60. The van der Waals surface area contributed by atoms with E-state index in [1.807, 2.05) is 95.0 Å². The van der Waals surface area contributed by atoms with E-state index in [-0.39, 0.29) is 6.54 Å². The van der Waals surface area contributed by atoms with Crippen molar-refractivity contribution < 1.29 is 14.3 Å². The van der Waals surface area contributed by atoms with E-state index >= 15 is 0 Å². The number of aldehydes is 1. The minimum Gasteiger partial charge on any atom is -0.453 e. The molecule has 0 saturated carbocycles. The minimum absolute atomic E-state index is 0.115. The number of carbonyl (C=O) groups excluding carboxylic acids is 2. The van der Waals surface area contributed by atoms with E-state index in [0.717, 1.165) is 40.9 Å². The first-order chi connectivity index (χ1) is 22.0. The highest BCUT2D eigenvalue weighted by atomic mass is 32.2. The highest BCUT2D eigenvalue weighted by molar-refractivity contribution is 7.99. The highest BCUT2D eigenvalue weighted by Gasteiger charge is 2.12. The molecule has 0 bridgehead atoms. The van der Waals surface area contributed by atoms with E-state index in [0.29, 0.717) is 30.2 Å². The van der Waals surface area contributed by atoms with Crippen LogP contribution in [0.2, 0.25) is 0 Å². The van der Waals surface area contributed by atoms with Gasteiger partial charge in [0, 0.05) is 50.1 Å². The Morgan fingerprint density at radius 1 is 1.04 bits per heavy atom. The van der Waals surface area contributed by atoms with Crippen LogP contribution in [0.3, 0.4) is 0 Å². The lowest BCUT2D eigenvalue weighted by Crippen LogP contribution is -2.13. The van der Waals surface area contributed by atoms with Crippen molar-refractivity contribution in [2.75, 3.05) is 39.5 Å². The quantitative estimate of drug-likeness (QED) is 0.0707. The Bertz CT molecular complexity index is 1200. The predicted molar refractivity (Wildman–Crippen MR) is 189 cm³/mol. The Kier molecular flexibility index (Phi) is 26.1. The van der Waals surface area contributed by atoms with Crippen molar-refractivity contribution in [2.45, 2.75) is 63.3 Å². The summed E-state index contributed by atoms with van der Waals surface area (Å²) in [4.78, 5) is 36.8. The number of hydrogen-bond acceptors (Lipinski definition) is 9. The van der Waals surface area contributed by atoms with Crippen LogP contribution in [0.4, 0.5) is 5.82 Å². The topological polar surface area (TPSA) is 130 Å². The van der Waals surface area contributed by atoms with Gasteiger partial charge in [-0.25, -0.2) is 9.97 Å². The number of carbonyl (C=O) groups is 2. The fourth-order valence-electron chi connectivity index (χ4n) is 3.42. The second-order valence-electron chi connectivity index (χ2n) is 8.91. The van der Waals surface area contributed by atoms with Crippen molar-refractivity contribution in [1.82, 2.24) is 20.6 Å². The van der Waals surface area contributed by atoms with Crippen LogP contribution in [0.5, 0.6) is 11.5 Å². The highest BCUT2D eigenvalue weighted by Crippen LogP contribution is 2.34. The summed E-state index contributed by atoms with van der Waals surface area (Å²) in [5.74, 6) is 3.61. The van der Waals surface area contributed by atoms with Crippen LogP contribution in [0, 0.1) is 5.92 Å². The molecule has 0 spiro atoms. The van der Waals surface area contributed by atoms with Crippen molar-refractivity contribution >= 4 is 42.3 Å². The summed E-state index contributed by atoms with van der Waals surface area (Å²) in [6.45, 7) is 9.52. The molecule has 3 rings (SSSR count). The third kappa shape index (κ3) is 19.7. The van der Waals surface area contributed by atoms with Crippen LogP contribution in [0.25, 0.3) is 0 Å². The maximum Gasteiger partial charge on any atom is 0.207 e. The Morgan fingerprint density at radius 3 is 2.31 bits per heavy atom. The number of nitrogens with one attached hydrogen (secondary N) is 3. The van der Waals surface area contributed by atoms with Gasteiger partial charge >= 0.3 is 0 Å². The van der Waals surface area contributed by atoms with Crippen LogP contribution < -0.4 is 20.7 Å². The fraction of sp³-hybridized carbons (Fsp3) is 0.412. The summed E-state index contributed by atoms with van der Waals surface area (Å²) in [5, 5.41) is 9.49. The van der Waals surface area contributed by atoms with E-state index in [2.05, 4.69) is 49.8 Å². The predicted octanol–water partition coefficient (Wildman–Crippen LogP) is 6.94. The molecule has 0 fully saturated rings. The average molecular weight is 638 g/mol. The number of nitrogens with zero attached hydrogens (tertiary/aromatic N) is 4. The molecule has 246 valence electrons. The molecule has 0 aliphatic carbocycles. The van der Waals surface area contributed by atoms with Gasteiger partial charge in [0.1, 0.15) is 22.9 Å². The molecule has 3 N–H and O–H groups in total. The molecule has 10 nitrogen and oxygen atoms in total. The lowest BCUT2D eigenvalue weighted by molar-refractivity contribution is -0.113. The zero-order valence-corrected chi connectivity index (χ0v) is 28.6. The number of rotatable bonds is 15. The van der Waals surface area contributed by atoms with Crippen LogP contribution in [-0.2, 0) is 9.59 Å². The molecular formula is C34H51N7O3S. The van der Waals surface area contributed by atoms with Gasteiger partial charge in [-0.05, 0) is 63.0 Å². The molecule has 1 amide bonds. The smallest absolute Gasteiger partial charge is 0.207 e. The van der Waals surface area contributed by atoms with Crippen LogP contribution in [0.15, 0.2) is 86.9 Å². The first kappa shape index (κ1) is 40.9. The number of hydrogen-bond donors (Lipinski definition) is 3. The molecular weight excluding hydrogens is 586 g/mol. The van der Waals surface area contributed by atoms with E-state index in [1.54, 1.807) is 25.0 Å². The molecule has 0 aliphatic rings. The normalized spacial score (nSPS) is 11.0. The van der Waals surface area contributed by atoms with Gasteiger partial charge in [0.2, 0.25) is 6.41 Å². The van der Waals surface area contributed by atoms with Crippen molar-refractivity contribution in [3.8, 4) is 11.5 Å². The van der Waals surface area contributed by atoms with Gasteiger partial charge in [0.25, 0.3) is 0 Å². The molecule has 2 aromatic heterocycles. The molecule has 0 radical (unpaired) electrons. The molecule has 1 aromatic carbocycles. The van der Waals surface area contributed by atoms with Crippen LogP contribution in [0.1, 0.15) is 53.4 Å². The molecule has 0 saturated heterocycles. The molecule has 0 aliphatic heterocycles. The van der Waals surface area contributed by atoms with E-state index < -0.39 is 0 Å². The second-order valence-corrected chi connectivity index (χ2v) is 10.0. The van der Waals surface area contributed by atoms with Gasteiger partial charge in [-0.2, -0.15) is 0 Å². The SMILES string of the molecule is CC.CCC(C=NC)CCNC.CCCC(=NC)Nc1ncc(Sc2ccccn2)cc1Oc1ccccc1.O=CCNC=O. The van der Waals surface area contributed by atoms with E-state index in [9.17, 15) is 9.59 Å². The summed E-state index contributed by atoms with van der Waals surface area (Å²) >= 11 is 1.54. The van der Waals surface area contributed by atoms with Gasteiger partial charge in [-0.1, -0.05) is 63.7 Å². The third-order valence-corrected chi connectivity index (χ3v) is 6.52. The largest absolute Gasteiger partial charge is 0.453 e. The number of pyridine rings is 2. The van der Waals surface area contributed by atoms with Gasteiger partial charge < -0.3 is 30.5 Å². The Hall–Kier alpha value is -4.09. The van der Waals surface area contributed by atoms with Gasteiger partial charge in [-0.3, -0.25) is 9.79 Å². The number of ether oxygens (including phenoxy) is 1. The standard InChI is InChI=1S/C21H22N4OS.C8H18N2.C3H5NO2.C2H6/c1-3-9-19(22-2)25-21-18(26-16-10-5-4-6-11-16)14-17(15-24-21)27-20-12-7-8-13-23-20;1-4-8(7-10-3)5-6-9-2;5-2-1-4-3-6;1-2/h4-8,10-15H,3,9H2,1-2H3,(H,22,24,25);7-9H,4-6H2,1-3H3;2-3H,1H2,(H,4,6);1-2H3. The molecule has 2 heterocycles. The fourth-order valence-corrected chi connectivity index (χ4v) is 4.20. The molecule has 1 unspecified atom stereocenters. The zero-order valence-electron chi connectivity index (χ0n) is 27.8. The Morgan fingerprint density at radius 2 is 1.78 bits per heavy atom. The maximum atomic E-state index is 9.34. The number of benzene rings is 1. The van der Waals surface area contributed by atoms with Crippen LogP contribution in [-0.4, -0.2) is 68.9 Å². The van der Waals surface area contributed by atoms with Crippen molar-refractivity contribution in [2.24, 2.45) is 15.9 Å². The van der Waals surface area contributed by atoms with Crippen molar-refractivity contribution in [3.05, 3.63) is 67.0 Å². The monoisotopic (exact) mass is 637 g/mol. The minimum atomic E-state index is 0.115. The molecule has 45 heavy (non-hydrogen) atoms. The average Bonchev–Trinajstić information content (AvgIpc) is 3.09. The lowest BCUT2D eigenvalue weighted by atomic mass is 10.0.